The van der Waals surface area contributed by atoms with Crippen LogP contribution in [0.3, 0.4) is 0 Å². The van der Waals surface area contributed by atoms with E-state index < -0.39 is 0 Å². The highest BCUT2D eigenvalue weighted by Gasteiger charge is 2.55. The van der Waals surface area contributed by atoms with Gasteiger partial charge in [0.25, 0.3) is 0 Å². The molecule has 4 nitrogen and oxygen atoms in total. The molecule has 2 N–H and O–H groups in total. The van der Waals surface area contributed by atoms with Gasteiger partial charge in [-0.15, -0.1) is 0 Å². The van der Waals surface area contributed by atoms with E-state index in [0.29, 0.717) is 18.4 Å². The van der Waals surface area contributed by atoms with Gasteiger partial charge in [-0.1, -0.05) is 27.2 Å². The van der Waals surface area contributed by atoms with E-state index >= 15 is 0 Å². The molecule has 4 rings (SSSR count). The molecule has 0 saturated heterocycles. The van der Waals surface area contributed by atoms with E-state index in [2.05, 4.69) is 50.0 Å². The van der Waals surface area contributed by atoms with Crippen LogP contribution in [-0.2, 0) is 12.8 Å². The molecule has 3 aliphatic carbocycles. The van der Waals surface area contributed by atoms with Crippen molar-refractivity contribution in [2.75, 3.05) is 27.2 Å². The maximum absolute atomic E-state index is 10.3. The third-order valence-corrected chi connectivity index (χ3v) is 8.86. The number of rotatable bonds is 4. The molecule has 27 heavy (non-hydrogen) atoms. The Morgan fingerprint density at radius 1 is 1.26 bits per heavy atom. The normalized spacial score (nSPS) is 44.3. The minimum Gasteiger partial charge on any atom is -0.396 e. The monoisotopic (exact) mass is 373 g/mol. The van der Waals surface area contributed by atoms with Crippen molar-refractivity contribution in [3.05, 3.63) is 17.5 Å². The maximum Gasteiger partial charge on any atom is 0.0522 e. The molecule has 1 heterocycles. The Bertz CT molecular complexity index is 656. The lowest BCUT2D eigenvalue weighted by Crippen LogP contribution is -2.53. The highest BCUT2D eigenvalue weighted by atomic mass is 16.3. The lowest BCUT2D eigenvalue weighted by molar-refractivity contribution is -0.0698. The second-order valence-electron chi connectivity index (χ2n) is 10.7. The molecule has 0 spiro atoms. The minimum atomic E-state index is 0.164. The molecule has 0 aromatic carbocycles. The number of aliphatic hydroxyl groups is 1. The lowest BCUT2D eigenvalue weighted by atomic mass is 9.50. The largest absolute Gasteiger partial charge is 0.396 e. The summed E-state index contributed by atoms with van der Waals surface area (Å²) < 4.78 is 0. The van der Waals surface area contributed by atoms with E-state index in [-0.39, 0.29) is 5.41 Å². The Balaban J connectivity index is 1.71. The number of aromatic amines is 1. The van der Waals surface area contributed by atoms with E-state index in [4.69, 9.17) is 0 Å². The molecule has 152 valence electrons. The third-order valence-electron chi connectivity index (χ3n) is 8.86. The summed E-state index contributed by atoms with van der Waals surface area (Å²) in [5.41, 5.74) is 2.81. The van der Waals surface area contributed by atoms with Crippen molar-refractivity contribution < 1.29 is 5.11 Å². The number of nitrogens with zero attached hydrogens (tertiary/aromatic N) is 2. The van der Waals surface area contributed by atoms with Crippen LogP contribution in [0.5, 0.6) is 0 Å². The van der Waals surface area contributed by atoms with Gasteiger partial charge in [-0.2, -0.15) is 5.10 Å². The fraction of sp³-hybridized carbons (Fsp3) is 0.870. The van der Waals surface area contributed by atoms with Gasteiger partial charge in [0.1, 0.15) is 0 Å². The summed E-state index contributed by atoms with van der Waals surface area (Å²) in [6, 6.07) is 0. The topological polar surface area (TPSA) is 52.1 Å². The Morgan fingerprint density at radius 2 is 2.04 bits per heavy atom. The first kappa shape index (κ1) is 19.4. The molecule has 2 saturated carbocycles. The summed E-state index contributed by atoms with van der Waals surface area (Å²) in [7, 11) is 4.48. The van der Waals surface area contributed by atoms with Crippen LogP contribution in [0.4, 0.5) is 0 Å². The van der Waals surface area contributed by atoms with Crippen LogP contribution in [0.25, 0.3) is 0 Å². The summed E-state index contributed by atoms with van der Waals surface area (Å²) >= 11 is 0. The predicted molar refractivity (Wildman–Crippen MR) is 109 cm³/mol. The zero-order chi connectivity index (χ0) is 19.3. The Labute approximate surface area is 165 Å². The first-order chi connectivity index (χ1) is 12.8. The number of hydrogen-bond acceptors (Lipinski definition) is 3. The van der Waals surface area contributed by atoms with Gasteiger partial charge in [-0.05, 0) is 92.2 Å². The van der Waals surface area contributed by atoms with Gasteiger partial charge in [0.2, 0.25) is 0 Å². The van der Waals surface area contributed by atoms with Crippen molar-refractivity contribution in [2.24, 2.45) is 46.8 Å². The van der Waals surface area contributed by atoms with Crippen molar-refractivity contribution in [1.82, 2.24) is 15.1 Å². The Morgan fingerprint density at radius 3 is 2.74 bits per heavy atom. The van der Waals surface area contributed by atoms with Crippen LogP contribution < -0.4 is 0 Å². The number of aliphatic hydroxyl groups excluding tert-OH is 1. The molecule has 0 unspecified atom stereocenters. The van der Waals surface area contributed by atoms with Crippen LogP contribution in [0, 0.1) is 46.8 Å². The van der Waals surface area contributed by atoms with E-state index in [1.54, 1.807) is 0 Å². The summed E-state index contributed by atoms with van der Waals surface area (Å²) in [4.78, 5) is 2.41. The minimum absolute atomic E-state index is 0.164. The molecule has 0 amide bonds. The molecule has 4 heteroatoms. The van der Waals surface area contributed by atoms with Crippen LogP contribution in [0.15, 0.2) is 6.20 Å². The second-order valence-corrected chi connectivity index (χ2v) is 10.7. The van der Waals surface area contributed by atoms with Gasteiger partial charge in [0.15, 0.2) is 0 Å². The zero-order valence-electron chi connectivity index (χ0n) is 17.9. The molecule has 8 atom stereocenters. The Kier molecular flexibility index (Phi) is 5.17. The summed E-state index contributed by atoms with van der Waals surface area (Å²) in [5, 5.41) is 17.8. The maximum atomic E-state index is 10.3. The molecule has 0 bridgehead atoms. The number of hydrogen-bond donors (Lipinski definition) is 2. The van der Waals surface area contributed by atoms with Crippen molar-refractivity contribution in [2.45, 2.75) is 52.9 Å². The van der Waals surface area contributed by atoms with Crippen molar-refractivity contribution in [3.8, 4) is 0 Å². The van der Waals surface area contributed by atoms with Crippen molar-refractivity contribution >= 4 is 0 Å². The molecular weight excluding hydrogens is 334 g/mol. The van der Waals surface area contributed by atoms with E-state index in [1.165, 1.54) is 37.1 Å². The fourth-order valence-corrected chi connectivity index (χ4v) is 7.63. The van der Waals surface area contributed by atoms with Gasteiger partial charge in [-0.25, -0.2) is 0 Å². The van der Waals surface area contributed by atoms with E-state index in [0.717, 1.165) is 42.4 Å². The van der Waals surface area contributed by atoms with E-state index in [1.807, 2.05) is 6.20 Å². The average molecular weight is 374 g/mol. The van der Waals surface area contributed by atoms with Crippen molar-refractivity contribution in [3.63, 3.8) is 0 Å². The molecule has 0 radical (unpaired) electrons. The van der Waals surface area contributed by atoms with Crippen LogP contribution >= 0.6 is 0 Å². The van der Waals surface area contributed by atoms with Crippen LogP contribution in [0.2, 0.25) is 0 Å². The highest BCUT2D eigenvalue weighted by molar-refractivity contribution is 5.24. The van der Waals surface area contributed by atoms with E-state index in [9.17, 15) is 5.11 Å². The predicted octanol–water partition coefficient (Wildman–Crippen LogP) is 3.62. The molecule has 1 aromatic heterocycles. The molecule has 3 aliphatic rings. The number of H-pyrrole nitrogens is 1. The quantitative estimate of drug-likeness (QED) is 0.847. The van der Waals surface area contributed by atoms with Crippen LogP contribution in [0.1, 0.15) is 51.3 Å². The average Bonchev–Trinajstić information content (AvgIpc) is 3.22. The zero-order valence-corrected chi connectivity index (χ0v) is 17.9. The SMILES string of the molecule is C[C@@H]1C[C@H]([C@@]2(C)Cc3cn[nH]c3C[C@@H]2CO)[C@@H](CN(C)C)[C@H]2CC[C@H](C)[C@@H]21. The van der Waals surface area contributed by atoms with Gasteiger partial charge < -0.3 is 10.0 Å². The first-order valence-corrected chi connectivity index (χ1v) is 11.1. The summed E-state index contributed by atoms with van der Waals surface area (Å²) in [6.45, 7) is 8.98. The van der Waals surface area contributed by atoms with Crippen molar-refractivity contribution in [1.29, 1.82) is 0 Å². The highest BCUT2D eigenvalue weighted by Crippen LogP contribution is 2.59. The van der Waals surface area contributed by atoms with Gasteiger partial charge >= 0.3 is 0 Å². The fourth-order valence-electron chi connectivity index (χ4n) is 7.63. The molecule has 2 fully saturated rings. The van der Waals surface area contributed by atoms with Gasteiger partial charge in [0.05, 0.1) is 6.20 Å². The number of nitrogens with one attached hydrogen (secondary N) is 1. The first-order valence-electron chi connectivity index (χ1n) is 11.1. The Hall–Kier alpha value is -0.870. The number of aromatic nitrogens is 2. The molecular formula is C23H39N3O. The summed E-state index contributed by atoms with van der Waals surface area (Å²) in [5.74, 6) is 5.21. The number of fused-ring (bicyclic) bond motifs is 2. The second kappa shape index (κ2) is 7.18. The molecule has 1 aromatic rings. The summed E-state index contributed by atoms with van der Waals surface area (Å²) in [6.07, 6.45) is 8.19. The van der Waals surface area contributed by atoms with Crippen LogP contribution in [-0.4, -0.2) is 47.5 Å². The smallest absolute Gasteiger partial charge is 0.0522 e. The molecule has 0 aliphatic heterocycles. The van der Waals surface area contributed by atoms with Gasteiger partial charge in [0, 0.05) is 18.8 Å². The standard InChI is InChI=1S/C23H39N3O/c1-14-6-7-18-19(12-26(4)5)20(8-15(2)22(14)18)23(3)10-16-11-24-25-21(16)9-17(23)13-27/h11,14-15,17-20,22,27H,6-10,12-13H2,1-5H3,(H,24,25)/t14-,15+,17+,18+,19-,20-,22+,23-/m0/s1. The third kappa shape index (κ3) is 3.17. The lowest BCUT2D eigenvalue weighted by Gasteiger charge is -2.56. The van der Waals surface area contributed by atoms with Gasteiger partial charge in [-0.3, -0.25) is 5.10 Å².